The molecular weight excluding hydrogens is 317 g/mol. The maximum atomic E-state index is 5.27. The van der Waals surface area contributed by atoms with Gasteiger partial charge < -0.3 is 10.1 Å². The summed E-state index contributed by atoms with van der Waals surface area (Å²) in [6, 6.07) is 0. The Hall–Kier alpha value is -0.140. The van der Waals surface area contributed by atoms with E-state index in [1.807, 2.05) is 17.8 Å². The van der Waals surface area contributed by atoms with E-state index in [1.54, 1.807) is 0 Å². The number of nitrogens with one attached hydrogen (secondary N) is 1. The maximum Gasteiger partial charge on any atom is 0.0623 e. The third-order valence-corrected chi connectivity index (χ3v) is 2.77. The Labute approximate surface area is 111 Å². The first-order valence-corrected chi connectivity index (χ1v) is 6.87. The van der Waals surface area contributed by atoms with Gasteiger partial charge in [-0.25, -0.2) is 0 Å². The third-order valence-electron chi connectivity index (χ3n) is 2.22. The van der Waals surface area contributed by atoms with Gasteiger partial charge in [0.15, 0.2) is 0 Å². The zero-order chi connectivity index (χ0) is 11.6. The van der Waals surface area contributed by atoms with Gasteiger partial charge in [-0.15, -0.1) is 0 Å². The van der Waals surface area contributed by atoms with E-state index in [2.05, 4.69) is 39.2 Å². The van der Waals surface area contributed by atoms with Crippen LogP contribution in [0.25, 0.3) is 0 Å². The van der Waals surface area contributed by atoms with E-state index in [0.29, 0.717) is 0 Å². The summed E-state index contributed by atoms with van der Waals surface area (Å²) in [7, 11) is 0. The van der Waals surface area contributed by atoms with Crippen molar-refractivity contribution in [3.63, 3.8) is 0 Å². The van der Waals surface area contributed by atoms with Crippen molar-refractivity contribution < 1.29 is 4.74 Å². The van der Waals surface area contributed by atoms with E-state index in [0.717, 1.165) is 39.3 Å². The lowest BCUT2D eigenvalue weighted by molar-refractivity contribution is 0.143. The second kappa shape index (κ2) is 8.95. The van der Waals surface area contributed by atoms with Crippen molar-refractivity contribution in [3.05, 3.63) is 16.0 Å². The number of ether oxygens (including phenoxy) is 1. The van der Waals surface area contributed by atoms with Crippen LogP contribution in [0.15, 0.2) is 12.4 Å². The molecule has 0 aliphatic rings. The Bertz CT molecular complexity index is 278. The average molecular weight is 337 g/mol. The molecule has 0 aliphatic heterocycles. The van der Waals surface area contributed by atoms with Crippen molar-refractivity contribution in [1.82, 2.24) is 15.1 Å². The lowest BCUT2D eigenvalue weighted by Crippen LogP contribution is -2.21. The van der Waals surface area contributed by atoms with Crippen molar-refractivity contribution >= 4 is 22.6 Å². The van der Waals surface area contributed by atoms with Gasteiger partial charge in [-0.05, 0) is 48.9 Å². The predicted molar refractivity (Wildman–Crippen MR) is 73.5 cm³/mol. The molecule has 0 unspecified atom stereocenters. The lowest BCUT2D eigenvalue weighted by atomic mass is 10.3. The van der Waals surface area contributed by atoms with Crippen LogP contribution < -0.4 is 5.32 Å². The van der Waals surface area contributed by atoms with Crippen LogP contribution >= 0.6 is 22.6 Å². The molecule has 1 rings (SSSR count). The highest BCUT2D eigenvalue weighted by Gasteiger charge is 1.94. The first-order valence-electron chi connectivity index (χ1n) is 5.79. The van der Waals surface area contributed by atoms with E-state index in [1.165, 1.54) is 9.99 Å². The first-order chi connectivity index (χ1) is 7.83. The van der Waals surface area contributed by atoms with Crippen LogP contribution in [0.4, 0.5) is 0 Å². The highest BCUT2D eigenvalue weighted by atomic mass is 127. The molecule has 92 valence electrons. The van der Waals surface area contributed by atoms with Crippen molar-refractivity contribution in [2.75, 3.05) is 26.3 Å². The van der Waals surface area contributed by atoms with Gasteiger partial charge in [0, 0.05) is 26.0 Å². The fraction of sp³-hybridized carbons (Fsp3) is 0.727. The SMILES string of the molecule is CCOCCCCNCCn1cc(I)cn1. The predicted octanol–water partition coefficient (Wildman–Crippen LogP) is 1.89. The first kappa shape index (κ1) is 13.9. The van der Waals surface area contributed by atoms with Crippen LogP contribution in [0.2, 0.25) is 0 Å². The van der Waals surface area contributed by atoms with Crippen molar-refractivity contribution in [2.45, 2.75) is 26.3 Å². The van der Waals surface area contributed by atoms with Crippen LogP contribution in [-0.2, 0) is 11.3 Å². The number of hydrogen-bond donors (Lipinski definition) is 1. The third kappa shape index (κ3) is 6.44. The standard InChI is InChI=1S/C11H20IN3O/c1-2-16-8-4-3-5-13-6-7-15-10-11(12)9-14-15/h9-10,13H,2-8H2,1H3. The number of hydrogen-bond acceptors (Lipinski definition) is 3. The summed E-state index contributed by atoms with van der Waals surface area (Å²) in [5.74, 6) is 0. The average Bonchev–Trinajstić information content (AvgIpc) is 2.68. The maximum absolute atomic E-state index is 5.27. The summed E-state index contributed by atoms with van der Waals surface area (Å²) in [6.07, 6.45) is 6.25. The Balaban J connectivity index is 1.88. The zero-order valence-corrected chi connectivity index (χ0v) is 11.9. The van der Waals surface area contributed by atoms with E-state index in [9.17, 15) is 0 Å². The molecule has 1 aromatic heterocycles. The molecule has 0 atom stereocenters. The molecular formula is C11H20IN3O. The molecule has 0 radical (unpaired) electrons. The molecule has 5 heteroatoms. The minimum atomic E-state index is 0.825. The molecule has 4 nitrogen and oxygen atoms in total. The molecule has 0 saturated heterocycles. The van der Waals surface area contributed by atoms with E-state index >= 15 is 0 Å². The number of aromatic nitrogens is 2. The summed E-state index contributed by atoms with van der Waals surface area (Å²) in [6.45, 7) is 6.72. The van der Waals surface area contributed by atoms with Crippen molar-refractivity contribution in [1.29, 1.82) is 0 Å². The van der Waals surface area contributed by atoms with Gasteiger partial charge in [-0.1, -0.05) is 0 Å². The minimum absolute atomic E-state index is 0.825. The second-order valence-electron chi connectivity index (χ2n) is 3.58. The van der Waals surface area contributed by atoms with Gasteiger partial charge >= 0.3 is 0 Å². The van der Waals surface area contributed by atoms with Crippen molar-refractivity contribution in [2.24, 2.45) is 0 Å². The molecule has 0 fully saturated rings. The Morgan fingerprint density at radius 3 is 3.00 bits per heavy atom. The van der Waals surface area contributed by atoms with Gasteiger partial charge in [0.2, 0.25) is 0 Å². The van der Waals surface area contributed by atoms with Gasteiger partial charge in [0.05, 0.1) is 16.3 Å². The summed E-state index contributed by atoms with van der Waals surface area (Å²) < 4.78 is 8.43. The molecule has 1 aromatic rings. The fourth-order valence-electron chi connectivity index (χ4n) is 1.38. The summed E-state index contributed by atoms with van der Waals surface area (Å²) in [5, 5.41) is 7.62. The molecule has 1 heterocycles. The number of unbranched alkanes of at least 4 members (excludes halogenated alkanes) is 1. The van der Waals surface area contributed by atoms with Crippen LogP contribution in [0, 0.1) is 3.57 Å². The zero-order valence-electron chi connectivity index (χ0n) is 9.79. The topological polar surface area (TPSA) is 39.1 Å². The fourth-order valence-corrected chi connectivity index (χ4v) is 1.82. The molecule has 0 saturated carbocycles. The second-order valence-corrected chi connectivity index (χ2v) is 4.82. The monoisotopic (exact) mass is 337 g/mol. The molecule has 16 heavy (non-hydrogen) atoms. The largest absolute Gasteiger partial charge is 0.382 e. The molecule has 0 aliphatic carbocycles. The molecule has 1 N–H and O–H groups in total. The van der Waals surface area contributed by atoms with E-state index in [4.69, 9.17) is 4.74 Å². The smallest absolute Gasteiger partial charge is 0.0623 e. The Kier molecular flexibility index (Phi) is 7.79. The molecule has 0 aromatic carbocycles. The van der Waals surface area contributed by atoms with Crippen LogP contribution in [0.1, 0.15) is 19.8 Å². The van der Waals surface area contributed by atoms with Crippen LogP contribution in [0.3, 0.4) is 0 Å². The van der Waals surface area contributed by atoms with Crippen molar-refractivity contribution in [3.8, 4) is 0 Å². The quantitative estimate of drug-likeness (QED) is 0.553. The van der Waals surface area contributed by atoms with Crippen LogP contribution in [0.5, 0.6) is 0 Å². The summed E-state index contributed by atoms with van der Waals surface area (Å²) >= 11 is 2.27. The molecule has 0 bridgehead atoms. The van der Waals surface area contributed by atoms with Crippen LogP contribution in [-0.4, -0.2) is 36.1 Å². The lowest BCUT2D eigenvalue weighted by Gasteiger charge is -2.05. The van der Waals surface area contributed by atoms with Gasteiger partial charge in [-0.2, -0.15) is 5.10 Å². The minimum Gasteiger partial charge on any atom is -0.382 e. The number of nitrogens with zero attached hydrogens (tertiary/aromatic N) is 2. The Morgan fingerprint density at radius 1 is 1.44 bits per heavy atom. The van der Waals surface area contributed by atoms with Gasteiger partial charge in [0.25, 0.3) is 0 Å². The molecule has 0 spiro atoms. The van der Waals surface area contributed by atoms with E-state index in [-0.39, 0.29) is 0 Å². The highest BCUT2D eigenvalue weighted by Crippen LogP contribution is 2.00. The summed E-state index contributed by atoms with van der Waals surface area (Å²) in [5.41, 5.74) is 0. The Morgan fingerprint density at radius 2 is 2.31 bits per heavy atom. The normalized spacial score (nSPS) is 10.9. The van der Waals surface area contributed by atoms with E-state index < -0.39 is 0 Å². The number of halogens is 1. The van der Waals surface area contributed by atoms with Gasteiger partial charge in [-0.3, -0.25) is 4.68 Å². The highest BCUT2D eigenvalue weighted by molar-refractivity contribution is 14.1. The molecule has 0 amide bonds. The van der Waals surface area contributed by atoms with Gasteiger partial charge in [0.1, 0.15) is 0 Å². The number of rotatable bonds is 9. The summed E-state index contributed by atoms with van der Waals surface area (Å²) in [4.78, 5) is 0.